The fourth-order valence-electron chi connectivity index (χ4n) is 3.98. The summed E-state index contributed by atoms with van der Waals surface area (Å²) in [6, 6.07) is 26.1. The van der Waals surface area contributed by atoms with Crippen LogP contribution in [-0.4, -0.2) is 32.7 Å². The van der Waals surface area contributed by atoms with Crippen molar-refractivity contribution in [1.29, 1.82) is 0 Å². The second-order valence-corrected chi connectivity index (χ2v) is 7.33. The SMILES string of the molecule is C(=C\c1ccccc1)/C[NH+]1CC[NH+](Cc2cccc3ccccc23)CC1. The molecular weight excluding hydrogens is 316 g/mol. The molecular formula is C24H28N2+2. The molecule has 0 unspecified atom stereocenters. The molecule has 3 aromatic carbocycles. The van der Waals surface area contributed by atoms with E-state index in [1.165, 1.54) is 48.1 Å². The molecule has 4 rings (SSSR count). The van der Waals surface area contributed by atoms with Crippen molar-refractivity contribution in [3.63, 3.8) is 0 Å². The monoisotopic (exact) mass is 344 g/mol. The summed E-state index contributed by atoms with van der Waals surface area (Å²) in [5, 5.41) is 2.78. The molecule has 2 nitrogen and oxygen atoms in total. The van der Waals surface area contributed by atoms with Gasteiger partial charge in [0.25, 0.3) is 0 Å². The Morgan fingerprint density at radius 2 is 1.38 bits per heavy atom. The standard InChI is InChI=1S/C24H26N2/c1-2-8-21(9-3-1)10-7-15-25-16-18-26(19-17-25)20-23-13-6-12-22-11-4-5-14-24(22)23/h1-14H,15-20H2/p+2/b10-7+. The van der Waals surface area contributed by atoms with Crippen molar-refractivity contribution in [2.75, 3.05) is 32.7 Å². The van der Waals surface area contributed by atoms with Crippen LogP contribution in [0.3, 0.4) is 0 Å². The van der Waals surface area contributed by atoms with Crippen LogP contribution in [0.4, 0.5) is 0 Å². The lowest BCUT2D eigenvalue weighted by atomic mass is 10.0. The second kappa shape index (κ2) is 8.31. The fourth-order valence-corrected chi connectivity index (χ4v) is 3.98. The van der Waals surface area contributed by atoms with Crippen LogP contribution in [0.15, 0.2) is 78.9 Å². The van der Waals surface area contributed by atoms with Gasteiger partial charge in [-0.15, -0.1) is 0 Å². The third-order valence-corrected chi connectivity index (χ3v) is 5.50. The summed E-state index contributed by atoms with van der Waals surface area (Å²) in [6.07, 6.45) is 4.59. The topological polar surface area (TPSA) is 8.88 Å². The van der Waals surface area contributed by atoms with Crippen molar-refractivity contribution in [2.45, 2.75) is 6.54 Å². The average Bonchev–Trinajstić information content (AvgIpc) is 2.70. The number of hydrogen-bond acceptors (Lipinski definition) is 0. The van der Waals surface area contributed by atoms with Gasteiger partial charge in [0.05, 0.1) is 6.54 Å². The lowest BCUT2D eigenvalue weighted by Crippen LogP contribution is -3.27. The van der Waals surface area contributed by atoms with Gasteiger partial charge in [0.2, 0.25) is 0 Å². The number of benzene rings is 3. The highest BCUT2D eigenvalue weighted by atomic mass is 15.3. The second-order valence-electron chi connectivity index (χ2n) is 7.33. The van der Waals surface area contributed by atoms with Crippen LogP contribution in [0.2, 0.25) is 0 Å². The zero-order valence-corrected chi connectivity index (χ0v) is 15.3. The molecule has 1 saturated heterocycles. The van der Waals surface area contributed by atoms with Gasteiger partial charge in [-0.25, -0.2) is 0 Å². The van der Waals surface area contributed by atoms with Gasteiger partial charge in [0.1, 0.15) is 32.7 Å². The van der Waals surface area contributed by atoms with Gasteiger partial charge in [0.15, 0.2) is 0 Å². The highest BCUT2D eigenvalue weighted by molar-refractivity contribution is 5.85. The number of piperazine rings is 1. The molecule has 0 aromatic heterocycles. The van der Waals surface area contributed by atoms with E-state index in [2.05, 4.69) is 84.9 Å². The van der Waals surface area contributed by atoms with E-state index in [1.54, 1.807) is 9.80 Å². The minimum atomic E-state index is 1.14. The van der Waals surface area contributed by atoms with E-state index in [9.17, 15) is 0 Å². The molecule has 0 aliphatic carbocycles. The summed E-state index contributed by atoms with van der Waals surface area (Å²) < 4.78 is 0. The van der Waals surface area contributed by atoms with Crippen molar-refractivity contribution < 1.29 is 9.80 Å². The maximum absolute atomic E-state index is 2.33. The number of rotatable bonds is 5. The van der Waals surface area contributed by atoms with Gasteiger partial charge in [-0.3, -0.25) is 0 Å². The molecule has 0 saturated carbocycles. The smallest absolute Gasteiger partial charge is 0.127 e. The van der Waals surface area contributed by atoms with Gasteiger partial charge in [-0.1, -0.05) is 78.9 Å². The zero-order chi connectivity index (χ0) is 17.6. The maximum atomic E-state index is 2.33. The molecule has 0 amide bonds. The number of nitrogens with one attached hydrogen (secondary N) is 2. The fraction of sp³-hybridized carbons (Fsp3) is 0.250. The van der Waals surface area contributed by atoms with Crippen LogP contribution in [0.5, 0.6) is 0 Å². The van der Waals surface area contributed by atoms with Gasteiger partial charge >= 0.3 is 0 Å². The molecule has 1 fully saturated rings. The molecule has 26 heavy (non-hydrogen) atoms. The molecule has 3 aromatic rings. The van der Waals surface area contributed by atoms with Gasteiger partial charge in [-0.2, -0.15) is 0 Å². The minimum absolute atomic E-state index is 1.14. The van der Waals surface area contributed by atoms with Crippen LogP contribution in [0.1, 0.15) is 11.1 Å². The van der Waals surface area contributed by atoms with Crippen molar-refractivity contribution in [3.05, 3.63) is 90.0 Å². The summed E-state index contributed by atoms with van der Waals surface area (Å²) in [6.45, 7) is 7.33. The van der Waals surface area contributed by atoms with Gasteiger partial charge in [-0.05, 0) is 22.4 Å². The predicted octanol–water partition coefficient (Wildman–Crippen LogP) is 1.84. The highest BCUT2D eigenvalue weighted by Gasteiger charge is 2.22. The summed E-state index contributed by atoms with van der Waals surface area (Å²) in [5.74, 6) is 0. The average molecular weight is 345 g/mol. The molecule has 1 aliphatic heterocycles. The Morgan fingerprint density at radius 1 is 0.692 bits per heavy atom. The molecule has 0 radical (unpaired) electrons. The normalized spacial score (nSPS) is 20.6. The summed E-state index contributed by atoms with van der Waals surface area (Å²) in [4.78, 5) is 3.43. The molecule has 1 aliphatic rings. The summed E-state index contributed by atoms with van der Waals surface area (Å²) >= 11 is 0. The lowest BCUT2D eigenvalue weighted by molar-refractivity contribution is -1.02. The van der Waals surface area contributed by atoms with Crippen LogP contribution in [0.25, 0.3) is 16.8 Å². The van der Waals surface area contributed by atoms with Crippen molar-refractivity contribution in [2.24, 2.45) is 0 Å². The first kappa shape index (κ1) is 17.0. The Kier molecular flexibility index (Phi) is 5.44. The van der Waals surface area contributed by atoms with Gasteiger partial charge < -0.3 is 9.80 Å². The van der Waals surface area contributed by atoms with E-state index in [-0.39, 0.29) is 0 Å². The Balaban J connectivity index is 1.30. The predicted molar refractivity (Wildman–Crippen MR) is 109 cm³/mol. The Morgan fingerprint density at radius 3 is 2.23 bits per heavy atom. The van der Waals surface area contributed by atoms with Crippen LogP contribution < -0.4 is 9.80 Å². The molecule has 0 spiro atoms. The number of fused-ring (bicyclic) bond motifs is 1. The molecule has 2 N–H and O–H groups in total. The number of hydrogen-bond donors (Lipinski definition) is 2. The van der Waals surface area contributed by atoms with Crippen molar-refractivity contribution >= 4 is 16.8 Å². The Labute approximate surface area is 156 Å². The van der Waals surface area contributed by atoms with Crippen LogP contribution >= 0.6 is 0 Å². The van der Waals surface area contributed by atoms with Gasteiger partial charge in [0, 0.05) is 5.56 Å². The highest BCUT2D eigenvalue weighted by Crippen LogP contribution is 2.17. The van der Waals surface area contributed by atoms with Crippen molar-refractivity contribution in [3.8, 4) is 0 Å². The van der Waals surface area contributed by atoms with E-state index in [4.69, 9.17) is 0 Å². The van der Waals surface area contributed by atoms with E-state index in [0.29, 0.717) is 0 Å². The quantitative estimate of drug-likeness (QED) is 0.699. The zero-order valence-electron chi connectivity index (χ0n) is 15.3. The first-order chi connectivity index (χ1) is 12.9. The molecule has 0 bridgehead atoms. The largest absolute Gasteiger partial charge is 0.322 e. The lowest BCUT2D eigenvalue weighted by Gasteiger charge is -2.29. The first-order valence-electron chi connectivity index (χ1n) is 9.74. The van der Waals surface area contributed by atoms with E-state index in [1.807, 2.05) is 0 Å². The molecule has 132 valence electrons. The number of quaternary nitrogens is 2. The Bertz CT molecular complexity index is 856. The molecule has 1 heterocycles. The minimum Gasteiger partial charge on any atom is -0.322 e. The third-order valence-electron chi connectivity index (χ3n) is 5.50. The Hall–Kier alpha value is -2.42. The van der Waals surface area contributed by atoms with E-state index < -0.39 is 0 Å². The first-order valence-corrected chi connectivity index (χ1v) is 9.74. The maximum Gasteiger partial charge on any atom is 0.127 e. The van der Waals surface area contributed by atoms with Crippen LogP contribution in [0, 0.1) is 0 Å². The molecule has 2 heteroatoms. The molecule has 0 atom stereocenters. The summed E-state index contributed by atoms with van der Waals surface area (Å²) in [7, 11) is 0. The summed E-state index contributed by atoms with van der Waals surface area (Å²) in [5.41, 5.74) is 2.79. The van der Waals surface area contributed by atoms with E-state index in [0.717, 1.165) is 13.1 Å². The van der Waals surface area contributed by atoms with Crippen molar-refractivity contribution in [1.82, 2.24) is 0 Å². The van der Waals surface area contributed by atoms with E-state index >= 15 is 0 Å². The van der Waals surface area contributed by atoms with Crippen LogP contribution in [-0.2, 0) is 6.54 Å². The third kappa shape index (κ3) is 4.21.